The Hall–Kier alpha value is 0.0300. The van der Waals surface area contributed by atoms with Crippen LogP contribution in [-0.2, 0) is 12.2 Å². The fraction of sp³-hybridized carbons (Fsp3) is 0.600. The van der Waals surface area contributed by atoms with Crippen LogP contribution in [0, 0.1) is 0 Å². The SMILES string of the molecule is CC(C)(C)NCC(S)C1Cc2cc3c(cc2O1)CSS3. The minimum atomic E-state index is 0.126. The first-order chi connectivity index (χ1) is 9.42. The van der Waals surface area contributed by atoms with E-state index in [1.807, 2.05) is 21.6 Å². The molecule has 5 heteroatoms. The van der Waals surface area contributed by atoms with E-state index in [9.17, 15) is 0 Å². The Morgan fingerprint density at radius 2 is 2.20 bits per heavy atom. The van der Waals surface area contributed by atoms with Gasteiger partial charge in [-0.05, 0) is 44.0 Å². The summed E-state index contributed by atoms with van der Waals surface area (Å²) in [5.74, 6) is 2.17. The van der Waals surface area contributed by atoms with Crippen molar-refractivity contribution in [3.63, 3.8) is 0 Å². The Bertz CT molecular complexity index is 480. The Morgan fingerprint density at radius 1 is 1.40 bits per heavy atom. The molecule has 1 N–H and O–H groups in total. The highest BCUT2D eigenvalue weighted by Crippen LogP contribution is 2.47. The van der Waals surface area contributed by atoms with E-state index in [0.717, 1.165) is 24.5 Å². The second kappa shape index (κ2) is 5.67. The molecule has 1 aromatic carbocycles. The van der Waals surface area contributed by atoms with E-state index in [2.05, 4.69) is 38.2 Å². The molecule has 2 atom stereocenters. The smallest absolute Gasteiger partial charge is 0.123 e. The van der Waals surface area contributed by atoms with E-state index >= 15 is 0 Å². The molecule has 2 aliphatic heterocycles. The second-order valence-corrected chi connectivity index (χ2v) is 9.47. The van der Waals surface area contributed by atoms with Gasteiger partial charge in [-0.2, -0.15) is 12.6 Å². The van der Waals surface area contributed by atoms with Gasteiger partial charge in [0.05, 0.1) is 5.25 Å². The van der Waals surface area contributed by atoms with Crippen LogP contribution in [-0.4, -0.2) is 23.4 Å². The standard InChI is InChI=1S/C15H21NOS3/c1-15(2,3)16-7-13(18)12-4-9-6-14-10(8-19-20-14)5-11(9)17-12/h5-6,12-13,16,18H,4,7-8H2,1-3H3. The molecule has 1 aromatic rings. The number of ether oxygens (including phenoxy) is 1. The summed E-state index contributed by atoms with van der Waals surface area (Å²) in [6, 6.07) is 4.54. The maximum absolute atomic E-state index is 6.12. The highest BCUT2D eigenvalue weighted by molar-refractivity contribution is 8.76. The summed E-state index contributed by atoms with van der Waals surface area (Å²) in [6.07, 6.45) is 1.16. The van der Waals surface area contributed by atoms with Gasteiger partial charge in [0, 0.05) is 29.2 Å². The van der Waals surface area contributed by atoms with Crippen molar-refractivity contribution in [3.05, 3.63) is 23.3 Å². The van der Waals surface area contributed by atoms with Crippen molar-refractivity contribution in [2.24, 2.45) is 0 Å². The fourth-order valence-corrected chi connectivity index (χ4v) is 5.17. The third kappa shape index (κ3) is 3.26. The molecule has 2 unspecified atom stereocenters. The topological polar surface area (TPSA) is 21.3 Å². The van der Waals surface area contributed by atoms with Gasteiger partial charge in [-0.3, -0.25) is 0 Å². The summed E-state index contributed by atoms with van der Waals surface area (Å²) in [5.41, 5.74) is 2.89. The van der Waals surface area contributed by atoms with Crippen molar-refractivity contribution >= 4 is 34.2 Å². The van der Waals surface area contributed by atoms with Crippen LogP contribution >= 0.6 is 34.2 Å². The van der Waals surface area contributed by atoms with Crippen LogP contribution in [0.4, 0.5) is 0 Å². The number of benzene rings is 1. The van der Waals surface area contributed by atoms with E-state index in [-0.39, 0.29) is 16.9 Å². The van der Waals surface area contributed by atoms with Crippen molar-refractivity contribution in [1.82, 2.24) is 5.32 Å². The monoisotopic (exact) mass is 327 g/mol. The first kappa shape index (κ1) is 14.9. The van der Waals surface area contributed by atoms with Gasteiger partial charge in [0.25, 0.3) is 0 Å². The van der Waals surface area contributed by atoms with E-state index in [1.165, 1.54) is 16.0 Å². The van der Waals surface area contributed by atoms with Crippen LogP contribution in [0.1, 0.15) is 31.9 Å². The maximum Gasteiger partial charge on any atom is 0.123 e. The van der Waals surface area contributed by atoms with Crippen LogP contribution in [0.25, 0.3) is 0 Å². The van der Waals surface area contributed by atoms with Crippen LogP contribution in [0.5, 0.6) is 5.75 Å². The molecule has 0 spiro atoms. The predicted octanol–water partition coefficient (Wildman–Crippen LogP) is 3.93. The van der Waals surface area contributed by atoms with E-state index in [0.29, 0.717) is 0 Å². The van der Waals surface area contributed by atoms with E-state index < -0.39 is 0 Å². The second-order valence-electron chi connectivity index (χ2n) is 6.47. The molecule has 0 aliphatic carbocycles. The molecule has 20 heavy (non-hydrogen) atoms. The lowest BCUT2D eigenvalue weighted by Gasteiger charge is -2.25. The van der Waals surface area contributed by atoms with Gasteiger partial charge < -0.3 is 10.1 Å². The summed E-state index contributed by atoms with van der Waals surface area (Å²) in [4.78, 5) is 1.42. The molecule has 0 saturated carbocycles. The summed E-state index contributed by atoms with van der Waals surface area (Å²) >= 11 is 4.73. The minimum absolute atomic E-state index is 0.126. The van der Waals surface area contributed by atoms with Gasteiger partial charge in [-0.1, -0.05) is 21.6 Å². The van der Waals surface area contributed by atoms with Crippen molar-refractivity contribution < 1.29 is 4.74 Å². The molecule has 0 saturated heterocycles. The number of nitrogens with one attached hydrogen (secondary N) is 1. The normalized spacial score (nSPS) is 22.3. The molecule has 2 aliphatic rings. The molecular formula is C15H21NOS3. The molecule has 2 heterocycles. The lowest BCUT2D eigenvalue weighted by Crippen LogP contribution is -2.43. The van der Waals surface area contributed by atoms with Crippen molar-refractivity contribution in [3.8, 4) is 5.75 Å². The molecule has 0 amide bonds. The molecule has 0 radical (unpaired) electrons. The van der Waals surface area contributed by atoms with Crippen LogP contribution in [0.15, 0.2) is 17.0 Å². The number of fused-ring (bicyclic) bond motifs is 2. The Balaban J connectivity index is 1.65. The van der Waals surface area contributed by atoms with Crippen LogP contribution in [0.2, 0.25) is 0 Å². The van der Waals surface area contributed by atoms with E-state index in [4.69, 9.17) is 17.4 Å². The summed E-state index contributed by atoms with van der Waals surface area (Å²) in [7, 11) is 3.80. The third-order valence-corrected chi connectivity index (χ3v) is 6.44. The lowest BCUT2D eigenvalue weighted by molar-refractivity contribution is 0.222. The predicted molar refractivity (Wildman–Crippen MR) is 92.2 cm³/mol. The van der Waals surface area contributed by atoms with Crippen LogP contribution < -0.4 is 10.1 Å². The largest absolute Gasteiger partial charge is 0.489 e. The van der Waals surface area contributed by atoms with Gasteiger partial charge in [-0.25, -0.2) is 0 Å². The number of hydrogen-bond acceptors (Lipinski definition) is 5. The van der Waals surface area contributed by atoms with Crippen LogP contribution in [0.3, 0.4) is 0 Å². The lowest BCUT2D eigenvalue weighted by atomic mass is 10.0. The van der Waals surface area contributed by atoms with Gasteiger partial charge >= 0.3 is 0 Å². The quantitative estimate of drug-likeness (QED) is 0.648. The average Bonchev–Trinajstić information content (AvgIpc) is 2.96. The Labute approximate surface area is 134 Å². The summed E-state index contributed by atoms with van der Waals surface area (Å²) < 4.78 is 6.12. The number of rotatable bonds is 3. The zero-order valence-corrected chi connectivity index (χ0v) is 14.6. The van der Waals surface area contributed by atoms with Crippen molar-refractivity contribution in [2.75, 3.05) is 6.54 Å². The molecule has 3 rings (SSSR count). The molecule has 0 aromatic heterocycles. The third-order valence-electron chi connectivity index (χ3n) is 3.58. The highest BCUT2D eigenvalue weighted by atomic mass is 33.1. The molecule has 110 valence electrons. The minimum Gasteiger partial charge on any atom is -0.489 e. The number of hydrogen-bond donors (Lipinski definition) is 2. The van der Waals surface area contributed by atoms with Gasteiger partial charge in [0.1, 0.15) is 11.9 Å². The maximum atomic E-state index is 6.12. The van der Waals surface area contributed by atoms with Crippen molar-refractivity contribution in [1.29, 1.82) is 0 Å². The Kier molecular flexibility index (Phi) is 4.24. The zero-order valence-electron chi connectivity index (χ0n) is 12.1. The number of thiol groups is 1. The first-order valence-corrected chi connectivity index (χ1v) is 9.81. The molecule has 0 fully saturated rings. The summed E-state index contributed by atoms with van der Waals surface area (Å²) in [6.45, 7) is 7.40. The van der Waals surface area contributed by atoms with Gasteiger partial charge in [0.15, 0.2) is 0 Å². The van der Waals surface area contributed by atoms with Gasteiger partial charge in [0.2, 0.25) is 0 Å². The van der Waals surface area contributed by atoms with Crippen molar-refractivity contribution in [2.45, 2.75) is 54.7 Å². The first-order valence-electron chi connectivity index (χ1n) is 6.97. The van der Waals surface area contributed by atoms with Gasteiger partial charge in [-0.15, -0.1) is 0 Å². The van der Waals surface area contributed by atoms with E-state index in [1.54, 1.807) is 0 Å². The fourth-order valence-electron chi connectivity index (χ4n) is 2.44. The summed E-state index contributed by atoms with van der Waals surface area (Å²) in [5, 5.41) is 3.73. The molecular weight excluding hydrogens is 306 g/mol. The zero-order chi connectivity index (χ0) is 14.3. The highest BCUT2D eigenvalue weighted by Gasteiger charge is 2.30. The average molecular weight is 328 g/mol. The molecule has 0 bridgehead atoms. The molecule has 2 nitrogen and oxygen atoms in total. The Morgan fingerprint density at radius 3 is 2.95 bits per heavy atom.